The molecule has 2 aromatic heterocycles. The van der Waals surface area contributed by atoms with Gasteiger partial charge in [-0.2, -0.15) is 0 Å². The molecule has 0 saturated carbocycles. The van der Waals surface area contributed by atoms with Crippen molar-refractivity contribution in [2.75, 3.05) is 18.0 Å². The van der Waals surface area contributed by atoms with Crippen LogP contribution in [-0.2, 0) is 6.54 Å². The van der Waals surface area contributed by atoms with Crippen LogP contribution >= 0.6 is 0 Å². The Morgan fingerprint density at radius 3 is 2.75 bits per heavy atom. The minimum atomic E-state index is -0.0170. The van der Waals surface area contributed by atoms with Crippen LogP contribution < -0.4 is 15.0 Å². The normalized spacial score (nSPS) is 17.5. The number of anilines is 1. The van der Waals surface area contributed by atoms with E-state index in [9.17, 15) is 4.79 Å². The third kappa shape index (κ3) is 2.79. The van der Waals surface area contributed by atoms with E-state index in [1.54, 1.807) is 12.4 Å². The Hall–Kier alpha value is -2.63. The molecule has 2 aliphatic rings. The lowest BCUT2D eigenvalue weighted by Crippen LogP contribution is -2.39. The second-order valence-corrected chi connectivity index (χ2v) is 6.29. The van der Waals surface area contributed by atoms with Gasteiger partial charge >= 0.3 is 0 Å². The van der Waals surface area contributed by atoms with Gasteiger partial charge in [0, 0.05) is 38.3 Å². The predicted molar refractivity (Wildman–Crippen MR) is 90.2 cm³/mol. The van der Waals surface area contributed by atoms with Gasteiger partial charge in [0.1, 0.15) is 17.7 Å². The first-order valence-electron chi connectivity index (χ1n) is 8.31. The highest BCUT2D eigenvalue weighted by molar-refractivity contribution is 5.98. The number of fused-ring (bicyclic) bond motifs is 1. The molecule has 6 heteroatoms. The lowest BCUT2D eigenvalue weighted by atomic mass is 10.1. The zero-order chi connectivity index (χ0) is 16.5. The number of nitrogens with one attached hydrogen (secondary N) is 1. The third-order valence-corrected chi connectivity index (χ3v) is 4.62. The minimum absolute atomic E-state index is 0.0170. The summed E-state index contributed by atoms with van der Waals surface area (Å²) in [6.45, 7) is 4.37. The first kappa shape index (κ1) is 14.9. The smallest absolute Gasteiger partial charge is 0.253 e. The predicted octanol–water partition coefficient (Wildman–Crippen LogP) is 2.08. The standard InChI is InChI=1S/C18H20N4O2/c1-12-10-15-16(11-20-18(15)23)21-17(12)22-8-4-14(5-9-22)24-13-2-6-19-7-3-13/h2-3,6-7,10,14H,4-5,8-9,11H2,1H3,(H,20,23). The fraction of sp³-hybridized carbons (Fsp3) is 0.389. The van der Waals surface area contributed by atoms with Crippen molar-refractivity contribution >= 4 is 11.7 Å². The van der Waals surface area contributed by atoms with Gasteiger partial charge in [0.25, 0.3) is 5.91 Å². The van der Waals surface area contributed by atoms with Crippen molar-refractivity contribution in [2.45, 2.75) is 32.4 Å². The maximum absolute atomic E-state index is 11.7. The van der Waals surface area contributed by atoms with Gasteiger partial charge in [-0.25, -0.2) is 4.98 Å². The summed E-state index contributed by atoms with van der Waals surface area (Å²) in [5, 5.41) is 2.83. The highest BCUT2D eigenvalue weighted by atomic mass is 16.5. The number of carbonyl (C=O) groups excluding carboxylic acids is 1. The molecule has 0 radical (unpaired) electrons. The topological polar surface area (TPSA) is 67.3 Å². The van der Waals surface area contributed by atoms with Gasteiger partial charge in [-0.1, -0.05) is 0 Å². The van der Waals surface area contributed by atoms with Crippen molar-refractivity contribution in [2.24, 2.45) is 0 Å². The molecule has 0 bridgehead atoms. The molecule has 0 spiro atoms. The van der Waals surface area contributed by atoms with Crippen LogP contribution in [-0.4, -0.2) is 35.1 Å². The van der Waals surface area contributed by atoms with E-state index in [0.29, 0.717) is 12.1 Å². The maximum Gasteiger partial charge on any atom is 0.253 e. The van der Waals surface area contributed by atoms with Crippen LogP contribution in [0.1, 0.15) is 34.5 Å². The Morgan fingerprint density at radius 2 is 2.00 bits per heavy atom. The number of hydrogen-bond donors (Lipinski definition) is 1. The summed E-state index contributed by atoms with van der Waals surface area (Å²) in [6, 6.07) is 5.74. The summed E-state index contributed by atoms with van der Waals surface area (Å²) >= 11 is 0. The fourth-order valence-electron chi connectivity index (χ4n) is 3.35. The lowest BCUT2D eigenvalue weighted by molar-refractivity contribution is 0.0965. The fourth-order valence-corrected chi connectivity index (χ4v) is 3.35. The summed E-state index contributed by atoms with van der Waals surface area (Å²) in [4.78, 5) is 22.8. The number of amides is 1. The second kappa shape index (κ2) is 6.11. The van der Waals surface area contributed by atoms with E-state index < -0.39 is 0 Å². The molecule has 0 aromatic carbocycles. The summed E-state index contributed by atoms with van der Waals surface area (Å²) in [6.07, 6.45) is 5.63. The van der Waals surface area contributed by atoms with Gasteiger partial charge in [0.2, 0.25) is 0 Å². The molecular formula is C18H20N4O2. The lowest BCUT2D eigenvalue weighted by Gasteiger charge is -2.33. The molecule has 6 nitrogen and oxygen atoms in total. The number of aromatic nitrogens is 2. The number of piperidine rings is 1. The molecule has 24 heavy (non-hydrogen) atoms. The maximum atomic E-state index is 11.7. The number of pyridine rings is 2. The van der Waals surface area contributed by atoms with E-state index in [-0.39, 0.29) is 12.0 Å². The van der Waals surface area contributed by atoms with Crippen LogP contribution in [0, 0.1) is 6.92 Å². The molecule has 2 aliphatic heterocycles. The average molecular weight is 324 g/mol. The molecule has 1 amide bonds. The Bertz CT molecular complexity index is 755. The Balaban J connectivity index is 1.44. The zero-order valence-corrected chi connectivity index (χ0v) is 13.7. The van der Waals surface area contributed by atoms with Crippen molar-refractivity contribution in [3.63, 3.8) is 0 Å². The van der Waals surface area contributed by atoms with E-state index in [2.05, 4.69) is 15.2 Å². The van der Waals surface area contributed by atoms with Gasteiger partial charge in [0.05, 0.1) is 17.8 Å². The average Bonchev–Trinajstić information content (AvgIpc) is 2.96. The van der Waals surface area contributed by atoms with Crippen LogP contribution in [0.4, 0.5) is 5.82 Å². The van der Waals surface area contributed by atoms with Gasteiger partial charge in [-0.3, -0.25) is 9.78 Å². The number of nitrogens with zero attached hydrogens (tertiary/aromatic N) is 3. The van der Waals surface area contributed by atoms with Crippen molar-refractivity contribution in [1.29, 1.82) is 0 Å². The summed E-state index contributed by atoms with van der Waals surface area (Å²) in [5.74, 6) is 1.85. The van der Waals surface area contributed by atoms with Crippen LogP contribution in [0.25, 0.3) is 0 Å². The van der Waals surface area contributed by atoms with Crippen LogP contribution in [0.3, 0.4) is 0 Å². The van der Waals surface area contributed by atoms with E-state index in [0.717, 1.165) is 48.8 Å². The molecule has 1 fully saturated rings. The van der Waals surface area contributed by atoms with Gasteiger partial charge in [-0.05, 0) is 30.7 Å². The molecule has 0 unspecified atom stereocenters. The van der Waals surface area contributed by atoms with E-state index in [1.807, 2.05) is 25.1 Å². The number of carbonyl (C=O) groups is 1. The molecule has 1 saturated heterocycles. The van der Waals surface area contributed by atoms with Crippen LogP contribution in [0.5, 0.6) is 5.75 Å². The SMILES string of the molecule is Cc1cc2c(nc1N1CCC(Oc3ccncc3)CC1)CNC2=O. The molecule has 4 heterocycles. The first-order valence-corrected chi connectivity index (χ1v) is 8.31. The molecule has 4 rings (SSSR count). The van der Waals surface area contributed by atoms with Crippen LogP contribution in [0.15, 0.2) is 30.6 Å². The molecule has 124 valence electrons. The zero-order valence-electron chi connectivity index (χ0n) is 13.7. The number of aryl methyl sites for hydroxylation is 1. The van der Waals surface area contributed by atoms with E-state index in [1.165, 1.54) is 0 Å². The van der Waals surface area contributed by atoms with E-state index in [4.69, 9.17) is 9.72 Å². The molecular weight excluding hydrogens is 304 g/mol. The van der Waals surface area contributed by atoms with Gasteiger partial charge in [0.15, 0.2) is 0 Å². The highest BCUT2D eigenvalue weighted by Crippen LogP contribution is 2.27. The monoisotopic (exact) mass is 324 g/mol. The van der Waals surface area contributed by atoms with Crippen molar-refractivity contribution in [3.8, 4) is 5.75 Å². The van der Waals surface area contributed by atoms with Crippen molar-refractivity contribution in [3.05, 3.63) is 47.4 Å². The van der Waals surface area contributed by atoms with E-state index >= 15 is 0 Å². The number of rotatable bonds is 3. The Morgan fingerprint density at radius 1 is 1.25 bits per heavy atom. The minimum Gasteiger partial charge on any atom is -0.490 e. The largest absolute Gasteiger partial charge is 0.490 e. The van der Waals surface area contributed by atoms with Gasteiger partial charge in [-0.15, -0.1) is 0 Å². The second-order valence-electron chi connectivity index (χ2n) is 6.29. The number of hydrogen-bond acceptors (Lipinski definition) is 5. The molecule has 0 aliphatic carbocycles. The highest BCUT2D eigenvalue weighted by Gasteiger charge is 2.26. The Labute approximate surface area is 140 Å². The van der Waals surface area contributed by atoms with Gasteiger partial charge < -0.3 is 15.0 Å². The molecule has 2 aromatic rings. The summed E-state index contributed by atoms with van der Waals surface area (Å²) in [5.41, 5.74) is 2.63. The van der Waals surface area contributed by atoms with Crippen molar-refractivity contribution in [1.82, 2.24) is 15.3 Å². The first-order chi connectivity index (χ1) is 11.7. The summed E-state index contributed by atoms with van der Waals surface area (Å²) < 4.78 is 6.02. The number of ether oxygens (including phenoxy) is 1. The summed E-state index contributed by atoms with van der Waals surface area (Å²) in [7, 11) is 0. The molecule has 1 N–H and O–H groups in total. The third-order valence-electron chi connectivity index (χ3n) is 4.62. The van der Waals surface area contributed by atoms with Crippen molar-refractivity contribution < 1.29 is 9.53 Å². The molecule has 0 atom stereocenters. The van der Waals surface area contributed by atoms with Crippen LogP contribution in [0.2, 0.25) is 0 Å². The quantitative estimate of drug-likeness (QED) is 0.936. The Kier molecular flexibility index (Phi) is 3.80.